The van der Waals surface area contributed by atoms with Gasteiger partial charge in [-0.3, -0.25) is 0 Å². The Morgan fingerprint density at radius 2 is 1.89 bits per heavy atom. The molecule has 2 N–H and O–H groups in total. The van der Waals surface area contributed by atoms with Gasteiger partial charge in [-0.1, -0.05) is 18.2 Å². The molecular formula is C16H19FN2. The van der Waals surface area contributed by atoms with Crippen LogP contribution in [0.1, 0.15) is 16.7 Å². The standard InChI is InChI=1S/C16H19FN2/c1-12-4-3-5-16(8-12)19(2)11-14-9-15(17)7-6-13(14)10-18/h3-9H,10-11,18H2,1-2H3. The van der Waals surface area contributed by atoms with Gasteiger partial charge in [0, 0.05) is 25.8 Å². The highest BCUT2D eigenvalue weighted by Crippen LogP contribution is 2.19. The molecule has 0 aromatic heterocycles. The van der Waals surface area contributed by atoms with Gasteiger partial charge < -0.3 is 10.6 Å². The number of halogens is 1. The van der Waals surface area contributed by atoms with Crippen molar-refractivity contribution in [2.75, 3.05) is 11.9 Å². The van der Waals surface area contributed by atoms with E-state index in [1.54, 1.807) is 12.1 Å². The molecule has 2 rings (SSSR count). The van der Waals surface area contributed by atoms with Crippen LogP contribution in [-0.2, 0) is 13.1 Å². The Labute approximate surface area is 113 Å². The summed E-state index contributed by atoms with van der Waals surface area (Å²) >= 11 is 0. The van der Waals surface area contributed by atoms with Crippen molar-refractivity contribution in [1.82, 2.24) is 0 Å². The molecule has 0 saturated heterocycles. The molecule has 2 aromatic carbocycles. The lowest BCUT2D eigenvalue weighted by Gasteiger charge is -2.21. The van der Waals surface area contributed by atoms with E-state index >= 15 is 0 Å². The maximum atomic E-state index is 13.3. The number of nitrogens with two attached hydrogens (primary N) is 1. The third kappa shape index (κ3) is 3.32. The van der Waals surface area contributed by atoms with Gasteiger partial charge >= 0.3 is 0 Å². The number of aryl methyl sites for hydroxylation is 1. The minimum Gasteiger partial charge on any atom is -0.370 e. The molecule has 3 heteroatoms. The van der Waals surface area contributed by atoms with Gasteiger partial charge in [0.1, 0.15) is 5.82 Å². The largest absolute Gasteiger partial charge is 0.370 e. The van der Waals surface area contributed by atoms with Crippen molar-refractivity contribution in [3.63, 3.8) is 0 Å². The molecule has 19 heavy (non-hydrogen) atoms. The number of rotatable bonds is 4. The first-order valence-corrected chi connectivity index (χ1v) is 6.35. The van der Waals surface area contributed by atoms with Crippen LogP contribution in [0.25, 0.3) is 0 Å². The summed E-state index contributed by atoms with van der Waals surface area (Å²) in [5.74, 6) is -0.218. The van der Waals surface area contributed by atoms with Gasteiger partial charge in [-0.2, -0.15) is 0 Å². The predicted molar refractivity (Wildman–Crippen MR) is 77.6 cm³/mol. The van der Waals surface area contributed by atoms with Gasteiger partial charge in [0.2, 0.25) is 0 Å². The summed E-state index contributed by atoms with van der Waals surface area (Å²) in [7, 11) is 2.00. The maximum Gasteiger partial charge on any atom is 0.123 e. The third-order valence-corrected chi connectivity index (χ3v) is 3.24. The average molecular weight is 258 g/mol. The van der Waals surface area contributed by atoms with Crippen LogP contribution in [0.5, 0.6) is 0 Å². The minimum absolute atomic E-state index is 0.218. The van der Waals surface area contributed by atoms with Gasteiger partial charge in [-0.05, 0) is 47.9 Å². The molecule has 2 nitrogen and oxygen atoms in total. The molecular weight excluding hydrogens is 239 g/mol. The Kier molecular flexibility index (Phi) is 4.17. The lowest BCUT2D eigenvalue weighted by Crippen LogP contribution is -2.18. The molecule has 0 saturated carbocycles. The van der Waals surface area contributed by atoms with E-state index < -0.39 is 0 Å². The van der Waals surface area contributed by atoms with E-state index in [9.17, 15) is 4.39 Å². The van der Waals surface area contributed by atoms with Crippen LogP contribution in [0.2, 0.25) is 0 Å². The molecule has 0 aliphatic carbocycles. The molecule has 0 atom stereocenters. The van der Waals surface area contributed by atoms with Crippen LogP contribution in [0.3, 0.4) is 0 Å². The minimum atomic E-state index is -0.218. The van der Waals surface area contributed by atoms with E-state index in [4.69, 9.17) is 5.73 Å². The zero-order chi connectivity index (χ0) is 13.8. The lowest BCUT2D eigenvalue weighted by atomic mass is 10.1. The third-order valence-electron chi connectivity index (χ3n) is 3.24. The molecule has 0 aliphatic rings. The molecule has 0 radical (unpaired) electrons. The highest BCUT2D eigenvalue weighted by molar-refractivity contribution is 5.48. The summed E-state index contributed by atoms with van der Waals surface area (Å²) in [6, 6.07) is 13.0. The number of benzene rings is 2. The van der Waals surface area contributed by atoms with Crippen molar-refractivity contribution < 1.29 is 4.39 Å². The molecule has 0 bridgehead atoms. The summed E-state index contributed by atoms with van der Waals surface area (Å²) in [4.78, 5) is 2.10. The lowest BCUT2D eigenvalue weighted by molar-refractivity contribution is 0.623. The monoisotopic (exact) mass is 258 g/mol. The second-order valence-corrected chi connectivity index (χ2v) is 4.81. The van der Waals surface area contributed by atoms with Crippen LogP contribution in [0, 0.1) is 12.7 Å². The Hall–Kier alpha value is -1.87. The molecule has 0 heterocycles. The summed E-state index contributed by atoms with van der Waals surface area (Å²) in [6.45, 7) is 3.13. The van der Waals surface area contributed by atoms with Gasteiger partial charge in [0.05, 0.1) is 0 Å². The van der Waals surface area contributed by atoms with Crippen molar-refractivity contribution >= 4 is 5.69 Å². The quantitative estimate of drug-likeness (QED) is 0.912. The van der Waals surface area contributed by atoms with Gasteiger partial charge in [-0.25, -0.2) is 4.39 Å². The van der Waals surface area contributed by atoms with Crippen LogP contribution in [0.15, 0.2) is 42.5 Å². The average Bonchev–Trinajstić information content (AvgIpc) is 2.39. The second-order valence-electron chi connectivity index (χ2n) is 4.81. The fourth-order valence-electron chi connectivity index (χ4n) is 2.15. The SMILES string of the molecule is Cc1cccc(N(C)Cc2cc(F)ccc2CN)c1. The highest BCUT2D eigenvalue weighted by atomic mass is 19.1. The Morgan fingerprint density at radius 3 is 2.58 bits per heavy atom. The van der Waals surface area contributed by atoms with Crippen molar-refractivity contribution in [3.8, 4) is 0 Å². The molecule has 0 amide bonds. The van der Waals surface area contributed by atoms with E-state index in [1.165, 1.54) is 11.6 Å². The van der Waals surface area contributed by atoms with E-state index in [-0.39, 0.29) is 5.82 Å². The van der Waals surface area contributed by atoms with E-state index in [2.05, 4.69) is 30.0 Å². The zero-order valence-corrected chi connectivity index (χ0v) is 11.4. The fourth-order valence-corrected chi connectivity index (χ4v) is 2.15. The summed E-state index contributed by atoms with van der Waals surface area (Å²) in [6.07, 6.45) is 0. The van der Waals surface area contributed by atoms with Gasteiger partial charge in [-0.15, -0.1) is 0 Å². The summed E-state index contributed by atoms with van der Waals surface area (Å²) in [5, 5.41) is 0. The summed E-state index contributed by atoms with van der Waals surface area (Å²) in [5.41, 5.74) is 9.95. The molecule has 0 spiro atoms. The van der Waals surface area contributed by atoms with Crippen LogP contribution >= 0.6 is 0 Å². The first kappa shape index (κ1) is 13.6. The smallest absolute Gasteiger partial charge is 0.123 e. The van der Waals surface area contributed by atoms with Crippen molar-refractivity contribution in [3.05, 3.63) is 65.0 Å². The Balaban J connectivity index is 2.23. The van der Waals surface area contributed by atoms with E-state index in [0.29, 0.717) is 13.1 Å². The topological polar surface area (TPSA) is 29.3 Å². The second kappa shape index (κ2) is 5.85. The number of hydrogen-bond donors (Lipinski definition) is 1. The zero-order valence-electron chi connectivity index (χ0n) is 11.4. The van der Waals surface area contributed by atoms with Crippen molar-refractivity contribution in [2.24, 2.45) is 5.73 Å². The number of nitrogens with zero attached hydrogens (tertiary/aromatic N) is 1. The Bertz CT molecular complexity index is 566. The molecule has 100 valence electrons. The Morgan fingerprint density at radius 1 is 1.11 bits per heavy atom. The maximum absolute atomic E-state index is 13.3. The van der Waals surface area contributed by atoms with Gasteiger partial charge in [0.15, 0.2) is 0 Å². The van der Waals surface area contributed by atoms with Crippen LogP contribution < -0.4 is 10.6 Å². The summed E-state index contributed by atoms with van der Waals surface area (Å²) < 4.78 is 13.3. The van der Waals surface area contributed by atoms with Gasteiger partial charge in [0.25, 0.3) is 0 Å². The molecule has 0 fully saturated rings. The highest BCUT2D eigenvalue weighted by Gasteiger charge is 2.07. The van der Waals surface area contributed by atoms with Crippen molar-refractivity contribution in [1.29, 1.82) is 0 Å². The van der Waals surface area contributed by atoms with Crippen molar-refractivity contribution in [2.45, 2.75) is 20.0 Å². The molecule has 0 unspecified atom stereocenters. The van der Waals surface area contributed by atoms with E-state index in [0.717, 1.165) is 16.8 Å². The van der Waals surface area contributed by atoms with Crippen LogP contribution in [0.4, 0.5) is 10.1 Å². The predicted octanol–water partition coefficient (Wildman–Crippen LogP) is 3.23. The van der Waals surface area contributed by atoms with Crippen LogP contribution in [-0.4, -0.2) is 7.05 Å². The first-order valence-electron chi connectivity index (χ1n) is 6.35. The fraction of sp³-hybridized carbons (Fsp3) is 0.250. The molecule has 0 aliphatic heterocycles. The number of anilines is 1. The normalized spacial score (nSPS) is 10.5. The van der Waals surface area contributed by atoms with E-state index in [1.807, 2.05) is 13.1 Å². The number of hydrogen-bond acceptors (Lipinski definition) is 2. The first-order chi connectivity index (χ1) is 9.10. The molecule has 2 aromatic rings.